The number of nitrogens with zero attached hydrogens (tertiary/aromatic N) is 2. The molecule has 2 unspecified atom stereocenters. The van der Waals surface area contributed by atoms with Crippen LogP contribution in [0, 0.1) is 16.2 Å². The van der Waals surface area contributed by atoms with Crippen LogP contribution in [0.1, 0.15) is 50.5 Å². The Morgan fingerprint density at radius 2 is 1.59 bits per heavy atom. The number of piperidine rings is 1. The molecule has 2 N–H and O–H groups in total. The smallest absolute Gasteiger partial charge is 0.285 e. The summed E-state index contributed by atoms with van der Waals surface area (Å²) in [7, 11) is 1.50. The van der Waals surface area contributed by atoms with Crippen molar-refractivity contribution in [3.63, 3.8) is 0 Å². The lowest BCUT2D eigenvalue weighted by atomic mass is 9.51. The van der Waals surface area contributed by atoms with E-state index in [0.29, 0.717) is 19.3 Å². The van der Waals surface area contributed by atoms with Gasteiger partial charge in [0.1, 0.15) is 5.69 Å². The molecule has 27 heavy (non-hydrogen) atoms. The Balaban J connectivity index is 1.78. The Morgan fingerprint density at radius 3 is 2.11 bits per heavy atom. The van der Waals surface area contributed by atoms with Crippen LogP contribution in [0.3, 0.4) is 0 Å². The molecule has 1 saturated heterocycles. The number of aromatic nitrogens is 1. The number of rotatable bonds is 2. The number of carbonyl (C=O) groups excluding carboxylic acids is 4. The van der Waals surface area contributed by atoms with E-state index in [0.717, 1.165) is 0 Å². The van der Waals surface area contributed by atoms with Crippen molar-refractivity contribution in [2.45, 2.75) is 40.0 Å². The molecule has 0 aromatic carbocycles. The lowest BCUT2D eigenvalue weighted by Gasteiger charge is -2.55. The predicted octanol–water partition coefficient (Wildman–Crippen LogP) is 1.04. The number of amides is 4. The molecule has 1 aromatic rings. The highest BCUT2D eigenvalue weighted by atomic mass is 16.2. The van der Waals surface area contributed by atoms with Gasteiger partial charge in [0.2, 0.25) is 17.7 Å². The molecule has 1 saturated carbocycles. The van der Waals surface area contributed by atoms with Crippen LogP contribution in [0.4, 0.5) is 0 Å². The Morgan fingerprint density at radius 1 is 1.00 bits per heavy atom. The van der Waals surface area contributed by atoms with Gasteiger partial charge in [0, 0.05) is 24.1 Å². The molecule has 1 aliphatic carbocycles. The molecule has 8 nitrogen and oxygen atoms in total. The third-order valence-corrected chi connectivity index (χ3v) is 5.72. The molecular weight excluding hydrogens is 348 g/mol. The van der Waals surface area contributed by atoms with Gasteiger partial charge < -0.3 is 0 Å². The summed E-state index contributed by atoms with van der Waals surface area (Å²) in [5, 5.41) is 0. The van der Waals surface area contributed by atoms with Gasteiger partial charge in [-0.05, 0) is 31.4 Å². The van der Waals surface area contributed by atoms with Crippen molar-refractivity contribution < 1.29 is 19.2 Å². The zero-order chi connectivity index (χ0) is 20.0. The molecule has 2 aliphatic rings. The summed E-state index contributed by atoms with van der Waals surface area (Å²) < 4.78 is 0. The molecule has 3 rings (SSSR count). The van der Waals surface area contributed by atoms with Crippen LogP contribution in [0.5, 0.6) is 0 Å². The summed E-state index contributed by atoms with van der Waals surface area (Å²) in [5.74, 6) is -1.48. The van der Waals surface area contributed by atoms with Crippen molar-refractivity contribution in [3.05, 3.63) is 30.1 Å². The molecule has 2 atom stereocenters. The molecule has 8 heteroatoms. The first-order valence-electron chi connectivity index (χ1n) is 8.85. The van der Waals surface area contributed by atoms with E-state index in [1.807, 2.05) is 0 Å². The molecule has 144 valence electrons. The van der Waals surface area contributed by atoms with Gasteiger partial charge >= 0.3 is 0 Å². The molecule has 1 aliphatic heterocycles. The normalized spacial score (nSPS) is 32.8. The van der Waals surface area contributed by atoms with Crippen LogP contribution >= 0.6 is 0 Å². The zero-order valence-electron chi connectivity index (χ0n) is 16.0. The van der Waals surface area contributed by atoms with Crippen LogP contribution in [0.2, 0.25) is 0 Å². The predicted molar refractivity (Wildman–Crippen MR) is 95.8 cm³/mol. The van der Waals surface area contributed by atoms with Gasteiger partial charge in [-0.15, -0.1) is 0 Å². The fourth-order valence-corrected chi connectivity index (χ4v) is 4.96. The van der Waals surface area contributed by atoms with E-state index in [-0.39, 0.29) is 17.5 Å². The Labute approximate surface area is 157 Å². The van der Waals surface area contributed by atoms with Crippen LogP contribution in [-0.2, 0) is 14.4 Å². The van der Waals surface area contributed by atoms with Crippen molar-refractivity contribution in [2.24, 2.45) is 16.2 Å². The van der Waals surface area contributed by atoms with Gasteiger partial charge in [-0.2, -0.15) is 0 Å². The molecular formula is C19H24N4O4. The van der Waals surface area contributed by atoms with Gasteiger partial charge in [0.25, 0.3) is 5.91 Å². The number of fused-ring (bicyclic) bond motifs is 2. The summed E-state index contributed by atoms with van der Waals surface area (Å²) in [6.45, 7) is 5.33. The SMILES string of the molecule is CN1C(=O)C2(C)CC(C)(C(=O)NNC(=O)c3ccccn3)CC(C)(C2)C1=O. The van der Waals surface area contributed by atoms with Gasteiger partial charge in [0.05, 0.1) is 5.41 Å². The lowest BCUT2D eigenvalue weighted by Crippen LogP contribution is -2.64. The fourth-order valence-electron chi connectivity index (χ4n) is 4.96. The van der Waals surface area contributed by atoms with Crippen LogP contribution in [0.15, 0.2) is 24.4 Å². The quantitative estimate of drug-likeness (QED) is 0.596. The summed E-state index contributed by atoms with van der Waals surface area (Å²) >= 11 is 0. The highest BCUT2D eigenvalue weighted by Crippen LogP contribution is 2.58. The minimum absolute atomic E-state index is 0.175. The zero-order valence-corrected chi connectivity index (χ0v) is 16.0. The minimum atomic E-state index is -0.967. The summed E-state index contributed by atoms with van der Waals surface area (Å²) in [6, 6.07) is 4.88. The maximum atomic E-state index is 12.9. The number of hydrazine groups is 1. The van der Waals surface area contributed by atoms with E-state index in [2.05, 4.69) is 15.8 Å². The standard InChI is InChI=1S/C19H24N4O4/c1-17(14(25)22-21-13(24)12-7-5-6-8-20-12)9-18(2)11-19(3,10-17)16(27)23(4)15(18)26/h5-8H,9-11H2,1-4H3,(H,21,24)(H,22,25). The molecule has 2 bridgehead atoms. The summed E-state index contributed by atoms with van der Waals surface area (Å²) in [6.07, 6.45) is 2.51. The number of pyridine rings is 1. The number of hydrogen-bond donors (Lipinski definition) is 2. The Hall–Kier alpha value is -2.77. The van der Waals surface area contributed by atoms with Crippen LogP contribution < -0.4 is 10.9 Å². The van der Waals surface area contributed by atoms with Crippen LogP contribution in [0.25, 0.3) is 0 Å². The second kappa shape index (κ2) is 6.14. The third-order valence-electron chi connectivity index (χ3n) is 5.72. The highest BCUT2D eigenvalue weighted by molar-refractivity contribution is 6.04. The number of hydrogen-bond acceptors (Lipinski definition) is 5. The maximum Gasteiger partial charge on any atom is 0.288 e. The van der Waals surface area contributed by atoms with E-state index < -0.39 is 28.1 Å². The molecule has 0 radical (unpaired) electrons. The van der Waals surface area contributed by atoms with E-state index in [1.165, 1.54) is 24.2 Å². The first-order chi connectivity index (χ1) is 12.5. The first kappa shape index (κ1) is 19.0. The molecule has 2 heterocycles. The summed E-state index contributed by atoms with van der Waals surface area (Å²) in [5.41, 5.74) is 2.41. The average Bonchev–Trinajstić information content (AvgIpc) is 2.62. The second-order valence-corrected chi connectivity index (χ2v) is 8.50. The molecule has 0 spiro atoms. The van der Waals surface area contributed by atoms with E-state index in [9.17, 15) is 19.2 Å². The number of carbonyl (C=O) groups is 4. The number of nitrogens with one attached hydrogen (secondary N) is 2. The van der Waals surface area contributed by atoms with Crippen molar-refractivity contribution in [2.75, 3.05) is 7.05 Å². The number of likely N-dealkylation sites (tertiary alicyclic amines) is 1. The van der Waals surface area contributed by atoms with Gasteiger partial charge in [-0.25, -0.2) is 0 Å². The topological polar surface area (TPSA) is 108 Å². The summed E-state index contributed by atoms with van der Waals surface area (Å²) in [4.78, 5) is 55.4. The highest BCUT2D eigenvalue weighted by Gasteiger charge is 2.62. The lowest BCUT2D eigenvalue weighted by molar-refractivity contribution is -0.178. The maximum absolute atomic E-state index is 12.9. The van der Waals surface area contributed by atoms with Gasteiger partial charge in [0.15, 0.2) is 0 Å². The van der Waals surface area contributed by atoms with E-state index in [4.69, 9.17) is 0 Å². The number of imide groups is 1. The van der Waals surface area contributed by atoms with Crippen molar-refractivity contribution in [3.8, 4) is 0 Å². The van der Waals surface area contributed by atoms with E-state index in [1.54, 1.807) is 32.9 Å². The van der Waals surface area contributed by atoms with Crippen molar-refractivity contribution in [1.82, 2.24) is 20.7 Å². The van der Waals surface area contributed by atoms with Gasteiger partial charge in [-0.3, -0.25) is 39.9 Å². The van der Waals surface area contributed by atoms with Crippen LogP contribution in [-0.4, -0.2) is 40.6 Å². The minimum Gasteiger partial charge on any atom is -0.285 e. The molecule has 4 amide bonds. The second-order valence-electron chi connectivity index (χ2n) is 8.50. The van der Waals surface area contributed by atoms with Crippen molar-refractivity contribution >= 4 is 23.6 Å². The third kappa shape index (κ3) is 3.09. The largest absolute Gasteiger partial charge is 0.288 e. The Kier molecular flexibility index (Phi) is 4.32. The molecule has 2 fully saturated rings. The average molecular weight is 372 g/mol. The Bertz CT molecular complexity index is 794. The molecule has 1 aromatic heterocycles. The van der Waals surface area contributed by atoms with E-state index >= 15 is 0 Å². The fraction of sp³-hybridized carbons (Fsp3) is 0.526. The first-order valence-corrected chi connectivity index (χ1v) is 8.85. The monoisotopic (exact) mass is 372 g/mol. The van der Waals surface area contributed by atoms with Crippen molar-refractivity contribution in [1.29, 1.82) is 0 Å². The van der Waals surface area contributed by atoms with Gasteiger partial charge in [-0.1, -0.05) is 26.8 Å².